The number of hydrogen-bond donors (Lipinski definition) is 1. The van der Waals surface area contributed by atoms with Crippen LogP contribution in [0.5, 0.6) is 0 Å². The largest absolute Gasteiger partial charge is 0.394 e. The molecule has 0 saturated heterocycles. The highest BCUT2D eigenvalue weighted by Gasteiger charge is 2.44. The van der Waals surface area contributed by atoms with Crippen LogP contribution in [0.2, 0.25) is 0 Å². The molecule has 2 aromatic carbocycles. The number of carbonyl (C=O) groups excluding carboxylic acids is 1. The van der Waals surface area contributed by atoms with Crippen molar-refractivity contribution in [2.24, 2.45) is 10.6 Å². The Morgan fingerprint density at radius 1 is 1.14 bits per heavy atom. The number of para-hydroxylation sites is 1. The van der Waals surface area contributed by atoms with Gasteiger partial charge in [-0.3, -0.25) is 4.79 Å². The summed E-state index contributed by atoms with van der Waals surface area (Å²) in [6.45, 7) is 4.07. The SMILES string of the molecule is Cc1ccccc1NC(=O)[C@]1(C)CON=C1c1ccccc1. The molecule has 22 heavy (non-hydrogen) atoms. The standard InChI is InChI=1S/C18H18N2O2/c1-13-8-6-7-11-15(13)19-17(21)18(2)12-22-20-16(18)14-9-4-3-5-10-14/h3-11H,12H2,1-2H3,(H,19,21)/t18-/m1/s1. The molecule has 1 aliphatic heterocycles. The quantitative estimate of drug-likeness (QED) is 0.943. The summed E-state index contributed by atoms with van der Waals surface area (Å²) in [4.78, 5) is 18.0. The Hall–Kier alpha value is -2.62. The molecule has 0 spiro atoms. The lowest BCUT2D eigenvalue weighted by molar-refractivity contribution is -0.122. The Morgan fingerprint density at radius 2 is 1.82 bits per heavy atom. The van der Waals surface area contributed by atoms with E-state index in [0.717, 1.165) is 16.8 Å². The molecule has 0 aromatic heterocycles. The Bertz CT molecular complexity index is 725. The molecule has 1 amide bonds. The van der Waals surface area contributed by atoms with Gasteiger partial charge in [0.2, 0.25) is 5.91 Å². The van der Waals surface area contributed by atoms with Crippen molar-refractivity contribution >= 4 is 17.3 Å². The lowest BCUT2D eigenvalue weighted by atomic mass is 9.81. The zero-order valence-corrected chi connectivity index (χ0v) is 12.7. The second-order valence-electron chi connectivity index (χ2n) is 5.68. The molecule has 4 nitrogen and oxygen atoms in total. The van der Waals surface area contributed by atoms with Crippen LogP contribution in [0, 0.1) is 12.3 Å². The van der Waals surface area contributed by atoms with E-state index >= 15 is 0 Å². The van der Waals surface area contributed by atoms with Gasteiger partial charge in [0.1, 0.15) is 17.7 Å². The monoisotopic (exact) mass is 294 g/mol. The van der Waals surface area contributed by atoms with Gasteiger partial charge in [0.05, 0.1) is 0 Å². The number of rotatable bonds is 3. The molecule has 0 radical (unpaired) electrons. The zero-order chi connectivity index (χ0) is 15.6. The number of amides is 1. The van der Waals surface area contributed by atoms with Crippen LogP contribution in [0.4, 0.5) is 5.69 Å². The van der Waals surface area contributed by atoms with Gasteiger partial charge in [-0.2, -0.15) is 0 Å². The molecule has 3 rings (SSSR count). The maximum absolute atomic E-state index is 12.8. The van der Waals surface area contributed by atoms with E-state index in [4.69, 9.17) is 4.84 Å². The van der Waals surface area contributed by atoms with Crippen LogP contribution in [-0.2, 0) is 9.63 Å². The maximum Gasteiger partial charge on any atom is 0.240 e. The molecule has 0 bridgehead atoms. The average Bonchev–Trinajstić information content (AvgIpc) is 2.94. The smallest absolute Gasteiger partial charge is 0.240 e. The first-order valence-corrected chi connectivity index (χ1v) is 7.24. The average molecular weight is 294 g/mol. The first-order chi connectivity index (χ1) is 10.6. The van der Waals surface area contributed by atoms with E-state index in [1.807, 2.05) is 68.4 Å². The Balaban J connectivity index is 1.88. The van der Waals surface area contributed by atoms with Gasteiger partial charge in [0.25, 0.3) is 0 Å². The number of hydrogen-bond acceptors (Lipinski definition) is 3. The first-order valence-electron chi connectivity index (χ1n) is 7.24. The van der Waals surface area contributed by atoms with Crippen molar-refractivity contribution in [1.29, 1.82) is 0 Å². The van der Waals surface area contributed by atoms with Gasteiger partial charge in [0.15, 0.2) is 0 Å². The fourth-order valence-electron chi connectivity index (χ4n) is 2.51. The lowest BCUT2D eigenvalue weighted by Crippen LogP contribution is -2.41. The van der Waals surface area contributed by atoms with E-state index in [0.29, 0.717) is 5.71 Å². The summed E-state index contributed by atoms with van der Waals surface area (Å²) in [5.41, 5.74) is 2.61. The number of nitrogens with zero attached hydrogens (tertiary/aromatic N) is 1. The summed E-state index contributed by atoms with van der Waals surface area (Å²) in [5, 5.41) is 7.09. The molecule has 1 atom stereocenters. The van der Waals surface area contributed by atoms with Gasteiger partial charge in [-0.05, 0) is 25.5 Å². The summed E-state index contributed by atoms with van der Waals surface area (Å²) < 4.78 is 0. The predicted molar refractivity (Wildman–Crippen MR) is 86.8 cm³/mol. The minimum absolute atomic E-state index is 0.109. The fraction of sp³-hybridized carbons (Fsp3) is 0.222. The molecular weight excluding hydrogens is 276 g/mol. The second-order valence-corrected chi connectivity index (χ2v) is 5.68. The molecule has 112 valence electrons. The number of nitrogens with one attached hydrogen (secondary N) is 1. The number of benzene rings is 2. The van der Waals surface area contributed by atoms with Crippen molar-refractivity contribution in [1.82, 2.24) is 0 Å². The Kier molecular flexibility index (Phi) is 3.67. The van der Waals surface area contributed by atoms with Gasteiger partial charge in [-0.25, -0.2) is 0 Å². The summed E-state index contributed by atoms with van der Waals surface area (Å²) in [7, 11) is 0. The summed E-state index contributed by atoms with van der Waals surface area (Å²) >= 11 is 0. The molecule has 0 saturated carbocycles. The molecule has 4 heteroatoms. The van der Waals surface area contributed by atoms with Gasteiger partial charge in [0, 0.05) is 11.3 Å². The molecular formula is C18H18N2O2. The van der Waals surface area contributed by atoms with Gasteiger partial charge >= 0.3 is 0 Å². The number of anilines is 1. The number of carbonyl (C=O) groups is 1. The minimum atomic E-state index is -0.802. The molecule has 0 unspecified atom stereocenters. The van der Waals surface area contributed by atoms with Gasteiger partial charge in [-0.15, -0.1) is 0 Å². The predicted octanol–water partition coefficient (Wildman–Crippen LogP) is 3.37. The van der Waals surface area contributed by atoms with Crippen molar-refractivity contribution in [2.75, 3.05) is 11.9 Å². The third-order valence-electron chi connectivity index (χ3n) is 3.97. The highest BCUT2D eigenvalue weighted by Crippen LogP contribution is 2.31. The molecule has 2 aromatic rings. The van der Waals surface area contributed by atoms with Gasteiger partial charge in [-0.1, -0.05) is 53.7 Å². The molecule has 1 aliphatic rings. The Morgan fingerprint density at radius 3 is 2.55 bits per heavy atom. The van der Waals surface area contributed by atoms with Crippen LogP contribution >= 0.6 is 0 Å². The number of aryl methyl sites for hydroxylation is 1. The summed E-state index contributed by atoms with van der Waals surface area (Å²) in [5.74, 6) is -0.109. The van der Waals surface area contributed by atoms with Crippen molar-refractivity contribution in [2.45, 2.75) is 13.8 Å². The second kappa shape index (κ2) is 5.64. The van der Waals surface area contributed by atoms with E-state index in [-0.39, 0.29) is 12.5 Å². The molecule has 1 heterocycles. The molecule has 0 fully saturated rings. The van der Waals surface area contributed by atoms with Crippen LogP contribution < -0.4 is 5.32 Å². The normalized spacial score (nSPS) is 20.2. The van der Waals surface area contributed by atoms with Crippen LogP contribution in [0.3, 0.4) is 0 Å². The zero-order valence-electron chi connectivity index (χ0n) is 12.7. The lowest BCUT2D eigenvalue weighted by Gasteiger charge is -2.23. The molecule has 1 N–H and O–H groups in total. The highest BCUT2D eigenvalue weighted by atomic mass is 16.6. The summed E-state index contributed by atoms with van der Waals surface area (Å²) in [6, 6.07) is 17.4. The van der Waals surface area contributed by atoms with Crippen LogP contribution in [0.25, 0.3) is 0 Å². The van der Waals surface area contributed by atoms with Crippen molar-refractivity contribution in [3.63, 3.8) is 0 Å². The topological polar surface area (TPSA) is 50.7 Å². The van der Waals surface area contributed by atoms with E-state index in [1.165, 1.54) is 0 Å². The van der Waals surface area contributed by atoms with Crippen molar-refractivity contribution in [3.05, 3.63) is 65.7 Å². The summed E-state index contributed by atoms with van der Waals surface area (Å²) in [6.07, 6.45) is 0. The fourth-order valence-corrected chi connectivity index (χ4v) is 2.51. The van der Waals surface area contributed by atoms with E-state index in [9.17, 15) is 4.79 Å². The van der Waals surface area contributed by atoms with E-state index in [2.05, 4.69) is 10.5 Å². The van der Waals surface area contributed by atoms with E-state index < -0.39 is 5.41 Å². The minimum Gasteiger partial charge on any atom is -0.394 e. The van der Waals surface area contributed by atoms with Gasteiger partial charge < -0.3 is 10.2 Å². The Labute approximate surface area is 129 Å². The maximum atomic E-state index is 12.8. The third kappa shape index (κ3) is 2.48. The first kappa shape index (κ1) is 14.3. The molecule has 0 aliphatic carbocycles. The van der Waals surface area contributed by atoms with Crippen molar-refractivity contribution in [3.8, 4) is 0 Å². The van der Waals surface area contributed by atoms with Crippen LogP contribution in [0.1, 0.15) is 18.1 Å². The van der Waals surface area contributed by atoms with E-state index in [1.54, 1.807) is 0 Å². The number of oxime groups is 1. The van der Waals surface area contributed by atoms with Crippen molar-refractivity contribution < 1.29 is 9.63 Å². The van der Waals surface area contributed by atoms with Crippen LogP contribution in [0.15, 0.2) is 59.8 Å². The third-order valence-corrected chi connectivity index (χ3v) is 3.97. The highest BCUT2D eigenvalue weighted by molar-refractivity contribution is 6.20. The van der Waals surface area contributed by atoms with Crippen LogP contribution in [-0.4, -0.2) is 18.2 Å².